The Morgan fingerprint density at radius 2 is 1.65 bits per heavy atom. The Balaban J connectivity index is 0.000000502. The van der Waals surface area contributed by atoms with Gasteiger partial charge in [0.2, 0.25) is 5.75 Å². The highest BCUT2D eigenvalue weighted by atomic mass is 32.2. The Labute approximate surface area is 161 Å². The first-order valence-corrected chi connectivity index (χ1v) is 12.4. The molecule has 0 heterocycles. The summed E-state index contributed by atoms with van der Waals surface area (Å²) in [5.74, 6) is 1.77. The number of ether oxygens (including phenoxy) is 1. The van der Waals surface area contributed by atoms with Gasteiger partial charge in [-0.25, -0.2) is 13.2 Å². The van der Waals surface area contributed by atoms with E-state index in [1.165, 1.54) is 50.0 Å². The van der Waals surface area contributed by atoms with Crippen molar-refractivity contribution in [3.05, 3.63) is 29.8 Å². The summed E-state index contributed by atoms with van der Waals surface area (Å²) in [4.78, 5) is 11.0. The summed E-state index contributed by atoms with van der Waals surface area (Å²) in [5, 5.41) is 0. The van der Waals surface area contributed by atoms with Crippen molar-refractivity contribution in [3.8, 4) is 0 Å². The fourth-order valence-electron chi connectivity index (χ4n) is 2.13. The Hall–Kier alpha value is -1.05. The van der Waals surface area contributed by atoms with Crippen molar-refractivity contribution in [2.24, 2.45) is 0 Å². The Kier molecular flexibility index (Phi) is 13.5. The molecular formula is C19H32O5S2. The second-order valence-corrected chi connectivity index (χ2v) is 9.76. The third kappa shape index (κ3) is 13.2. The van der Waals surface area contributed by atoms with Gasteiger partial charge in [-0.3, -0.25) is 0 Å². The molecule has 7 heteroatoms. The first-order chi connectivity index (χ1) is 12.2. The van der Waals surface area contributed by atoms with Crippen molar-refractivity contribution in [2.75, 3.05) is 24.4 Å². The minimum absolute atomic E-state index is 0.0307. The number of carbonyl (C=O) groups is 1. The van der Waals surface area contributed by atoms with Crippen LogP contribution in [0.25, 0.3) is 0 Å². The topological polar surface area (TPSA) is 83.5 Å². The lowest BCUT2D eigenvalue weighted by Crippen LogP contribution is -2.20. The van der Waals surface area contributed by atoms with Crippen LogP contribution in [0.4, 0.5) is 0 Å². The first kappa shape index (κ1) is 24.9. The van der Waals surface area contributed by atoms with Crippen molar-refractivity contribution in [1.29, 1.82) is 0 Å². The van der Waals surface area contributed by atoms with Gasteiger partial charge in [0, 0.05) is 0 Å². The molecule has 1 aromatic carbocycles. The minimum atomic E-state index is -4.27. The molecule has 1 atom stereocenters. The van der Waals surface area contributed by atoms with Gasteiger partial charge in [0.05, 0.1) is 17.8 Å². The molecule has 0 bridgehead atoms. The SMILES string of the molecule is CCCCCCC[S+](C)CC(=O)OCC.Cc1ccc(S(=O)(=O)[O-])cc1. The van der Waals surface area contributed by atoms with Crippen LogP contribution >= 0.6 is 0 Å². The number of rotatable bonds is 10. The Bertz CT molecular complexity index is 597. The van der Waals surface area contributed by atoms with Gasteiger partial charge >= 0.3 is 5.97 Å². The van der Waals surface area contributed by atoms with Crippen LogP contribution in [-0.2, 0) is 30.5 Å². The van der Waals surface area contributed by atoms with E-state index in [0.29, 0.717) is 12.4 Å². The summed E-state index contributed by atoms with van der Waals surface area (Å²) in [5.41, 5.74) is 0.928. The molecule has 1 aromatic rings. The van der Waals surface area contributed by atoms with E-state index in [-0.39, 0.29) is 21.8 Å². The lowest BCUT2D eigenvalue weighted by atomic mass is 10.2. The molecule has 0 N–H and O–H groups in total. The Morgan fingerprint density at radius 1 is 1.08 bits per heavy atom. The zero-order valence-electron chi connectivity index (χ0n) is 16.3. The molecule has 0 fully saturated rings. The van der Waals surface area contributed by atoms with Crippen LogP contribution < -0.4 is 0 Å². The summed E-state index contributed by atoms with van der Waals surface area (Å²) in [6.07, 6.45) is 8.72. The third-order valence-electron chi connectivity index (χ3n) is 3.58. The average molecular weight is 405 g/mol. The van der Waals surface area contributed by atoms with Gasteiger partial charge in [0.1, 0.15) is 15.9 Å². The fourth-order valence-corrected chi connectivity index (χ4v) is 3.93. The highest BCUT2D eigenvalue weighted by molar-refractivity contribution is 7.96. The summed E-state index contributed by atoms with van der Waals surface area (Å²) in [6, 6.07) is 5.78. The molecule has 0 saturated carbocycles. The van der Waals surface area contributed by atoms with E-state index in [9.17, 15) is 17.8 Å². The number of esters is 1. The monoisotopic (exact) mass is 404 g/mol. The molecule has 150 valence electrons. The van der Waals surface area contributed by atoms with E-state index in [1.807, 2.05) is 13.8 Å². The number of carbonyl (C=O) groups excluding carboxylic acids is 1. The number of unbranched alkanes of at least 4 members (excludes halogenated alkanes) is 4. The normalized spacial score (nSPS) is 12.0. The maximum absolute atomic E-state index is 11.2. The molecule has 0 radical (unpaired) electrons. The number of aryl methyl sites for hydroxylation is 1. The molecule has 5 nitrogen and oxygen atoms in total. The Morgan fingerprint density at radius 3 is 2.15 bits per heavy atom. The van der Waals surface area contributed by atoms with Crippen molar-refractivity contribution < 1.29 is 22.5 Å². The van der Waals surface area contributed by atoms with Crippen molar-refractivity contribution in [2.45, 2.75) is 57.8 Å². The molecule has 0 amide bonds. The van der Waals surface area contributed by atoms with Crippen LogP contribution in [0.5, 0.6) is 0 Å². The molecule has 0 saturated heterocycles. The maximum Gasteiger partial charge on any atom is 0.356 e. The van der Waals surface area contributed by atoms with Gasteiger partial charge in [-0.05, 0) is 49.7 Å². The zero-order chi connectivity index (χ0) is 20.0. The van der Waals surface area contributed by atoms with E-state index in [0.717, 1.165) is 5.56 Å². The minimum Gasteiger partial charge on any atom is -0.744 e. The second kappa shape index (κ2) is 14.1. The summed E-state index contributed by atoms with van der Waals surface area (Å²) in [6.45, 7) is 6.41. The van der Waals surface area contributed by atoms with Crippen molar-refractivity contribution in [1.82, 2.24) is 0 Å². The maximum atomic E-state index is 11.2. The molecule has 0 aromatic heterocycles. The van der Waals surface area contributed by atoms with Crippen LogP contribution in [-0.4, -0.2) is 43.3 Å². The number of hydrogen-bond acceptors (Lipinski definition) is 5. The van der Waals surface area contributed by atoms with Gasteiger partial charge in [-0.1, -0.05) is 43.9 Å². The molecule has 0 aliphatic carbocycles. The molecule has 1 unspecified atom stereocenters. The lowest BCUT2D eigenvalue weighted by molar-refractivity contribution is -0.139. The van der Waals surface area contributed by atoms with E-state index in [2.05, 4.69) is 13.2 Å². The summed E-state index contributed by atoms with van der Waals surface area (Å²) >= 11 is 0. The van der Waals surface area contributed by atoms with Crippen LogP contribution in [0.15, 0.2) is 29.2 Å². The average Bonchev–Trinajstić information content (AvgIpc) is 2.55. The van der Waals surface area contributed by atoms with Gasteiger partial charge in [0.15, 0.2) is 0 Å². The van der Waals surface area contributed by atoms with Gasteiger partial charge in [-0.2, -0.15) is 0 Å². The van der Waals surface area contributed by atoms with E-state index in [1.54, 1.807) is 12.1 Å². The molecule has 26 heavy (non-hydrogen) atoms. The van der Waals surface area contributed by atoms with Gasteiger partial charge in [0.25, 0.3) is 0 Å². The number of hydrogen-bond donors (Lipinski definition) is 0. The van der Waals surface area contributed by atoms with Crippen molar-refractivity contribution >= 4 is 27.0 Å². The lowest BCUT2D eigenvalue weighted by Gasteiger charge is -2.05. The van der Waals surface area contributed by atoms with Gasteiger partial charge < -0.3 is 9.29 Å². The van der Waals surface area contributed by atoms with Crippen LogP contribution in [0.1, 0.15) is 51.5 Å². The summed E-state index contributed by atoms with van der Waals surface area (Å²) < 4.78 is 36.1. The van der Waals surface area contributed by atoms with Crippen LogP contribution in [0, 0.1) is 6.92 Å². The zero-order valence-corrected chi connectivity index (χ0v) is 18.0. The van der Waals surface area contributed by atoms with E-state index in [4.69, 9.17) is 4.74 Å². The third-order valence-corrected chi connectivity index (χ3v) is 6.14. The predicted molar refractivity (Wildman–Crippen MR) is 108 cm³/mol. The summed E-state index contributed by atoms with van der Waals surface area (Å²) in [7, 11) is -4.05. The molecule has 0 aliphatic heterocycles. The van der Waals surface area contributed by atoms with Gasteiger partial charge in [-0.15, -0.1) is 0 Å². The molecular weight excluding hydrogens is 372 g/mol. The smallest absolute Gasteiger partial charge is 0.356 e. The molecule has 1 rings (SSSR count). The molecule has 0 aliphatic rings. The predicted octanol–water partition coefficient (Wildman–Crippen LogP) is 3.67. The standard InChI is InChI=1S/C12H25O2S.C7H8O3S/c1-4-6-7-8-9-10-15(3)11-12(13)14-5-2;1-6-2-4-7(5-3-6)11(8,9)10/h4-11H2,1-3H3;2-5H,1H3,(H,8,9,10)/q+1;/p-1. The quantitative estimate of drug-likeness (QED) is 0.257. The highest BCUT2D eigenvalue weighted by Crippen LogP contribution is 2.08. The van der Waals surface area contributed by atoms with Crippen LogP contribution in [0.3, 0.4) is 0 Å². The highest BCUT2D eigenvalue weighted by Gasteiger charge is 2.16. The second-order valence-electron chi connectivity index (χ2n) is 6.12. The van der Waals surface area contributed by atoms with Crippen molar-refractivity contribution in [3.63, 3.8) is 0 Å². The number of benzene rings is 1. The van der Waals surface area contributed by atoms with E-state index < -0.39 is 10.1 Å². The van der Waals surface area contributed by atoms with Crippen LogP contribution in [0.2, 0.25) is 0 Å². The molecule has 0 spiro atoms. The first-order valence-electron chi connectivity index (χ1n) is 8.98. The van der Waals surface area contributed by atoms with E-state index >= 15 is 0 Å². The largest absolute Gasteiger partial charge is 0.744 e. The fraction of sp³-hybridized carbons (Fsp3) is 0.632.